The molecular weight excluding hydrogens is 240 g/mol. The molecule has 0 aliphatic carbocycles. The third-order valence-electron chi connectivity index (χ3n) is 3.34. The Hall–Kier alpha value is -2.20. The highest BCUT2D eigenvalue weighted by atomic mass is 16.3. The summed E-state index contributed by atoms with van der Waals surface area (Å²) in [5, 5.41) is 10.2. The second kappa shape index (κ2) is 4.82. The number of rotatable bonds is 2. The van der Waals surface area contributed by atoms with E-state index in [0.29, 0.717) is 12.1 Å². The van der Waals surface area contributed by atoms with Gasteiger partial charge in [0, 0.05) is 19.2 Å². The number of nitrogens with zero attached hydrogens (tertiary/aromatic N) is 2. The predicted octanol–water partition coefficient (Wildman–Crippen LogP) is 1.70. The van der Waals surface area contributed by atoms with Gasteiger partial charge in [-0.15, -0.1) is 0 Å². The van der Waals surface area contributed by atoms with Gasteiger partial charge in [0.15, 0.2) is 6.10 Å². The zero-order chi connectivity index (χ0) is 13.2. The molecule has 1 N–H and O–H groups in total. The van der Waals surface area contributed by atoms with Crippen LogP contribution in [0.5, 0.6) is 0 Å². The minimum atomic E-state index is -1.12. The lowest BCUT2D eigenvalue weighted by Gasteiger charge is -2.20. The van der Waals surface area contributed by atoms with Crippen LogP contribution in [0.3, 0.4) is 0 Å². The molecule has 19 heavy (non-hydrogen) atoms. The maximum atomic E-state index is 12.4. The van der Waals surface area contributed by atoms with E-state index in [0.717, 1.165) is 17.8 Å². The number of hydrogen-bond donors (Lipinski definition) is 1. The van der Waals surface area contributed by atoms with Crippen LogP contribution >= 0.6 is 0 Å². The fourth-order valence-corrected chi connectivity index (χ4v) is 2.36. The molecule has 4 nitrogen and oxygen atoms in total. The Morgan fingerprint density at radius 1 is 1.21 bits per heavy atom. The number of aliphatic hydroxyl groups excluding tert-OH is 1. The largest absolute Gasteiger partial charge is 0.378 e. The third-order valence-corrected chi connectivity index (χ3v) is 3.34. The van der Waals surface area contributed by atoms with Gasteiger partial charge < -0.3 is 10.0 Å². The summed E-state index contributed by atoms with van der Waals surface area (Å²) in [6, 6.07) is 12.7. The molecule has 0 saturated carbocycles. The predicted molar refractivity (Wildman–Crippen MR) is 71.7 cm³/mol. The summed E-state index contributed by atoms with van der Waals surface area (Å²) < 4.78 is 0. The number of benzene rings is 1. The van der Waals surface area contributed by atoms with E-state index in [4.69, 9.17) is 0 Å². The Morgan fingerprint density at radius 2 is 2.00 bits per heavy atom. The highest BCUT2D eigenvalue weighted by molar-refractivity contribution is 5.98. The lowest BCUT2D eigenvalue weighted by atomic mass is 10.1. The summed E-state index contributed by atoms with van der Waals surface area (Å²) in [6.07, 6.45) is 1.34. The lowest BCUT2D eigenvalue weighted by molar-refractivity contribution is -0.126. The number of carbonyl (C=O) groups excluding carboxylic acids is 1. The standard InChI is InChI=1S/C15H14N2O2/c18-14(11-5-2-1-3-6-11)15(19)17-10-8-12-13(17)7-4-9-16-12/h1-7,9,14,18H,8,10H2. The highest BCUT2D eigenvalue weighted by Gasteiger charge is 2.30. The van der Waals surface area contributed by atoms with Crippen molar-refractivity contribution in [3.63, 3.8) is 0 Å². The van der Waals surface area contributed by atoms with Crippen LogP contribution in [-0.2, 0) is 11.2 Å². The molecule has 2 heterocycles. The van der Waals surface area contributed by atoms with Crippen LogP contribution in [0.25, 0.3) is 0 Å². The van der Waals surface area contributed by atoms with Crippen LogP contribution in [-0.4, -0.2) is 22.5 Å². The van der Waals surface area contributed by atoms with E-state index in [1.54, 1.807) is 29.3 Å². The van der Waals surface area contributed by atoms with Crippen LogP contribution in [0.15, 0.2) is 48.7 Å². The Labute approximate surface area is 111 Å². The second-order valence-electron chi connectivity index (χ2n) is 4.52. The Balaban J connectivity index is 1.86. The molecule has 96 valence electrons. The van der Waals surface area contributed by atoms with Crippen molar-refractivity contribution in [2.45, 2.75) is 12.5 Å². The van der Waals surface area contributed by atoms with Crippen molar-refractivity contribution < 1.29 is 9.90 Å². The first-order chi connectivity index (χ1) is 9.27. The van der Waals surface area contributed by atoms with Crippen LogP contribution in [0.4, 0.5) is 5.69 Å². The Bertz CT molecular complexity index is 598. The summed E-state index contributed by atoms with van der Waals surface area (Å²) in [7, 11) is 0. The number of carbonyl (C=O) groups is 1. The van der Waals surface area contributed by atoms with Gasteiger partial charge in [0.2, 0.25) is 0 Å². The molecule has 0 fully saturated rings. The minimum Gasteiger partial charge on any atom is -0.378 e. The van der Waals surface area contributed by atoms with Gasteiger partial charge in [0.1, 0.15) is 0 Å². The van der Waals surface area contributed by atoms with Gasteiger partial charge in [-0.1, -0.05) is 30.3 Å². The van der Waals surface area contributed by atoms with E-state index in [1.165, 1.54) is 0 Å². The molecule has 3 rings (SSSR count). The van der Waals surface area contributed by atoms with E-state index in [1.807, 2.05) is 24.3 Å². The number of aliphatic hydroxyl groups is 1. The van der Waals surface area contributed by atoms with E-state index in [9.17, 15) is 9.90 Å². The van der Waals surface area contributed by atoms with Crippen molar-refractivity contribution in [2.75, 3.05) is 11.4 Å². The normalized spacial score (nSPS) is 15.1. The Morgan fingerprint density at radius 3 is 2.79 bits per heavy atom. The van der Waals surface area contributed by atoms with Gasteiger partial charge in [-0.05, 0) is 17.7 Å². The van der Waals surface area contributed by atoms with E-state index in [-0.39, 0.29) is 5.91 Å². The van der Waals surface area contributed by atoms with Crippen molar-refractivity contribution in [3.8, 4) is 0 Å². The molecule has 1 aromatic heterocycles. The molecule has 1 aliphatic rings. The molecule has 0 bridgehead atoms. The van der Waals surface area contributed by atoms with E-state index < -0.39 is 6.10 Å². The smallest absolute Gasteiger partial charge is 0.260 e. The molecule has 1 amide bonds. The summed E-state index contributed by atoms with van der Waals surface area (Å²) in [4.78, 5) is 18.2. The monoisotopic (exact) mass is 254 g/mol. The lowest BCUT2D eigenvalue weighted by Crippen LogP contribution is -2.33. The first-order valence-corrected chi connectivity index (χ1v) is 6.25. The van der Waals surface area contributed by atoms with Crippen molar-refractivity contribution in [2.24, 2.45) is 0 Å². The molecule has 1 unspecified atom stereocenters. The summed E-state index contributed by atoms with van der Waals surface area (Å²) in [6.45, 7) is 0.578. The average molecular weight is 254 g/mol. The highest BCUT2D eigenvalue weighted by Crippen LogP contribution is 2.28. The van der Waals surface area contributed by atoms with Crippen LogP contribution in [0.2, 0.25) is 0 Å². The molecule has 0 radical (unpaired) electrons. The first-order valence-electron chi connectivity index (χ1n) is 6.25. The number of amides is 1. The number of fused-ring (bicyclic) bond motifs is 1. The van der Waals surface area contributed by atoms with Crippen LogP contribution in [0.1, 0.15) is 17.4 Å². The molecule has 4 heteroatoms. The zero-order valence-corrected chi connectivity index (χ0v) is 10.4. The number of pyridine rings is 1. The molecule has 0 saturated heterocycles. The van der Waals surface area contributed by atoms with Crippen molar-refractivity contribution in [3.05, 3.63) is 59.9 Å². The topological polar surface area (TPSA) is 53.4 Å². The van der Waals surface area contributed by atoms with Gasteiger partial charge >= 0.3 is 0 Å². The third kappa shape index (κ3) is 2.11. The second-order valence-corrected chi connectivity index (χ2v) is 4.52. The maximum Gasteiger partial charge on any atom is 0.260 e. The molecule has 0 spiro atoms. The molecular formula is C15H14N2O2. The van der Waals surface area contributed by atoms with Crippen molar-refractivity contribution >= 4 is 11.6 Å². The van der Waals surface area contributed by atoms with Gasteiger partial charge in [0.25, 0.3) is 5.91 Å². The SMILES string of the molecule is O=C(C(O)c1ccccc1)N1CCc2ncccc21. The number of aromatic nitrogens is 1. The van der Waals surface area contributed by atoms with Crippen LogP contribution in [0, 0.1) is 0 Å². The van der Waals surface area contributed by atoms with Gasteiger partial charge in [0.05, 0.1) is 11.4 Å². The zero-order valence-electron chi connectivity index (χ0n) is 10.4. The van der Waals surface area contributed by atoms with Crippen LogP contribution < -0.4 is 4.90 Å². The summed E-state index contributed by atoms with van der Waals surface area (Å²) in [5.74, 6) is -0.294. The maximum absolute atomic E-state index is 12.4. The minimum absolute atomic E-state index is 0.294. The number of anilines is 1. The van der Waals surface area contributed by atoms with E-state index in [2.05, 4.69) is 4.98 Å². The first kappa shape index (κ1) is 11.9. The fraction of sp³-hybridized carbons (Fsp3) is 0.200. The summed E-state index contributed by atoms with van der Waals surface area (Å²) in [5.41, 5.74) is 2.34. The number of hydrogen-bond acceptors (Lipinski definition) is 3. The quantitative estimate of drug-likeness (QED) is 0.887. The average Bonchev–Trinajstić information content (AvgIpc) is 2.90. The molecule has 1 atom stereocenters. The fourth-order valence-electron chi connectivity index (χ4n) is 2.36. The Kier molecular flexibility index (Phi) is 3.01. The molecule has 2 aromatic rings. The van der Waals surface area contributed by atoms with Gasteiger partial charge in [-0.3, -0.25) is 9.78 Å². The van der Waals surface area contributed by atoms with Gasteiger partial charge in [-0.25, -0.2) is 0 Å². The van der Waals surface area contributed by atoms with Gasteiger partial charge in [-0.2, -0.15) is 0 Å². The molecule has 1 aromatic carbocycles. The van der Waals surface area contributed by atoms with Crippen molar-refractivity contribution in [1.29, 1.82) is 0 Å². The summed E-state index contributed by atoms with van der Waals surface area (Å²) >= 11 is 0. The molecule has 1 aliphatic heterocycles. The van der Waals surface area contributed by atoms with E-state index >= 15 is 0 Å². The van der Waals surface area contributed by atoms with Crippen molar-refractivity contribution in [1.82, 2.24) is 4.98 Å².